The van der Waals surface area contributed by atoms with E-state index in [1.165, 1.54) is 12.1 Å². The van der Waals surface area contributed by atoms with Gasteiger partial charge in [-0.3, -0.25) is 4.79 Å². The van der Waals surface area contributed by atoms with E-state index in [2.05, 4.69) is 11.8 Å². The van der Waals surface area contributed by atoms with Crippen LogP contribution in [0.3, 0.4) is 0 Å². The van der Waals surface area contributed by atoms with E-state index in [0.717, 1.165) is 30.8 Å². The van der Waals surface area contributed by atoms with Crippen LogP contribution in [0.5, 0.6) is 0 Å². The van der Waals surface area contributed by atoms with Gasteiger partial charge in [-0.25, -0.2) is 13.9 Å². The van der Waals surface area contributed by atoms with Gasteiger partial charge in [-0.15, -0.1) is 0 Å². The van der Waals surface area contributed by atoms with Crippen LogP contribution in [0.2, 0.25) is 5.02 Å². The average molecular weight is 464 g/mol. The number of amides is 1. The molecule has 0 bridgehead atoms. The molecule has 3 heterocycles. The summed E-state index contributed by atoms with van der Waals surface area (Å²) in [5.74, 6) is -0.411. The molecule has 0 atom stereocenters. The lowest BCUT2D eigenvalue weighted by Crippen LogP contribution is -2.48. The number of halogens is 2. The zero-order valence-corrected chi connectivity index (χ0v) is 19.0. The first-order valence-electron chi connectivity index (χ1n) is 11.0. The van der Waals surface area contributed by atoms with Crippen LogP contribution in [-0.2, 0) is 0 Å². The van der Waals surface area contributed by atoms with Crippen molar-refractivity contribution in [3.8, 4) is 22.5 Å². The van der Waals surface area contributed by atoms with E-state index in [-0.39, 0.29) is 11.7 Å². The summed E-state index contributed by atoms with van der Waals surface area (Å²) in [5, 5.41) is 5.34. The molecule has 168 valence electrons. The van der Waals surface area contributed by atoms with Crippen molar-refractivity contribution in [1.82, 2.24) is 24.4 Å². The van der Waals surface area contributed by atoms with Crippen LogP contribution in [0.15, 0.2) is 60.7 Å². The Morgan fingerprint density at radius 2 is 1.58 bits per heavy atom. The molecule has 2 aromatic heterocycles. The Kier molecular flexibility index (Phi) is 5.83. The Morgan fingerprint density at radius 3 is 2.24 bits per heavy atom. The molecule has 1 saturated heterocycles. The second-order valence-electron chi connectivity index (χ2n) is 8.07. The highest BCUT2D eigenvalue weighted by atomic mass is 35.5. The number of carbonyl (C=O) groups is 1. The van der Waals surface area contributed by atoms with E-state index < -0.39 is 0 Å². The molecule has 1 amide bonds. The van der Waals surface area contributed by atoms with Gasteiger partial charge in [0.2, 0.25) is 0 Å². The van der Waals surface area contributed by atoms with Gasteiger partial charge in [0.25, 0.3) is 5.91 Å². The third-order valence-corrected chi connectivity index (χ3v) is 6.28. The minimum absolute atomic E-state index is 0.0905. The molecule has 0 saturated carbocycles. The van der Waals surface area contributed by atoms with Gasteiger partial charge in [-0.1, -0.05) is 30.7 Å². The van der Waals surface area contributed by atoms with Crippen LogP contribution in [0.25, 0.3) is 28.2 Å². The van der Waals surface area contributed by atoms with Gasteiger partial charge in [0, 0.05) is 48.4 Å². The Morgan fingerprint density at radius 1 is 0.939 bits per heavy atom. The van der Waals surface area contributed by atoms with Crippen molar-refractivity contribution in [3.63, 3.8) is 0 Å². The van der Waals surface area contributed by atoms with Crippen molar-refractivity contribution in [1.29, 1.82) is 0 Å². The smallest absolute Gasteiger partial charge is 0.272 e. The molecular weight excluding hydrogens is 441 g/mol. The molecule has 4 aromatic rings. The Hall–Kier alpha value is -3.29. The van der Waals surface area contributed by atoms with Gasteiger partial charge in [-0.2, -0.15) is 5.10 Å². The minimum atomic E-state index is -0.320. The SMILES string of the molecule is CCN1CCN(C(=O)c2cc(-c3ccc(F)cc3)nc3cc(-c4ccc(Cl)cc4)nn23)CC1. The normalized spacial score (nSPS) is 14.7. The Labute approximate surface area is 196 Å². The molecule has 0 N–H and O–H groups in total. The van der Waals surface area contributed by atoms with Crippen molar-refractivity contribution < 1.29 is 9.18 Å². The first-order chi connectivity index (χ1) is 16.0. The summed E-state index contributed by atoms with van der Waals surface area (Å²) >= 11 is 6.03. The number of hydrogen-bond acceptors (Lipinski definition) is 4. The molecule has 1 aliphatic heterocycles. The van der Waals surface area contributed by atoms with Crippen LogP contribution in [0.1, 0.15) is 17.4 Å². The molecule has 0 radical (unpaired) electrons. The summed E-state index contributed by atoms with van der Waals surface area (Å²) in [7, 11) is 0. The fourth-order valence-corrected chi connectivity index (χ4v) is 4.21. The lowest BCUT2D eigenvalue weighted by atomic mass is 10.1. The molecule has 0 spiro atoms. The number of carbonyl (C=O) groups excluding carboxylic acids is 1. The lowest BCUT2D eigenvalue weighted by molar-refractivity contribution is 0.0634. The number of piperazine rings is 1. The van der Waals surface area contributed by atoms with E-state index >= 15 is 0 Å². The van der Waals surface area contributed by atoms with Crippen molar-refractivity contribution >= 4 is 23.2 Å². The van der Waals surface area contributed by atoms with Crippen LogP contribution >= 0.6 is 11.6 Å². The molecule has 33 heavy (non-hydrogen) atoms. The number of likely N-dealkylation sites (N-methyl/N-ethyl adjacent to an activating group) is 1. The molecule has 5 rings (SSSR count). The van der Waals surface area contributed by atoms with Crippen LogP contribution < -0.4 is 0 Å². The quantitative estimate of drug-likeness (QED) is 0.442. The molecule has 1 fully saturated rings. The number of benzene rings is 2. The zero-order valence-electron chi connectivity index (χ0n) is 18.2. The van der Waals surface area contributed by atoms with E-state index in [9.17, 15) is 9.18 Å². The summed E-state index contributed by atoms with van der Waals surface area (Å²) in [6, 6.07) is 17.1. The van der Waals surface area contributed by atoms with Crippen LogP contribution in [0, 0.1) is 5.82 Å². The molecule has 2 aromatic carbocycles. The number of rotatable bonds is 4. The summed E-state index contributed by atoms with van der Waals surface area (Å²) in [4.78, 5) is 22.5. The first-order valence-corrected chi connectivity index (χ1v) is 11.3. The molecule has 1 aliphatic rings. The topological polar surface area (TPSA) is 53.7 Å². The predicted octanol–water partition coefficient (Wildman–Crippen LogP) is 4.63. The summed E-state index contributed by atoms with van der Waals surface area (Å²) in [5.41, 5.74) is 3.89. The Bertz CT molecular complexity index is 1300. The summed E-state index contributed by atoms with van der Waals surface area (Å²) in [6.45, 7) is 6.11. The first kappa shape index (κ1) is 21.6. The van der Waals surface area contributed by atoms with Crippen molar-refractivity contribution in [2.24, 2.45) is 0 Å². The minimum Gasteiger partial charge on any atom is -0.335 e. The van der Waals surface area contributed by atoms with E-state index in [1.807, 2.05) is 23.1 Å². The van der Waals surface area contributed by atoms with Gasteiger partial charge in [0.15, 0.2) is 5.65 Å². The number of aromatic nitrogens is 3. The summed E-state index contributed by atoms with van der Waals surface area (Å²) in [6.07, 6.45) is 0. The van der Waals surface area contributed by atoms with Crippen molar-refractivity contribution in [3.05, 3.63) is 77.2 Å². The van der Waals surface area contributed by atoms with E-state index in [4.69, 9.17) is 21.7 Å². The molecule has 8 heteroatoms. The second-order valence-corrected chi connectivity index (χ2v) is 8.50. The maximum absolute atomic E-state index is 13.6. The standard InChI is InChI=1S/C25H23ClFN5O/c1-2-30-11-13-31(14-12-30)25(33)23-15-21(17-5-9-20(27)10-6-17)28-24-16-22(29-32(23)24)18-3-7-19(26)8-4-18/h3-10,15-16H,2,11-14H2,1H3. The third-order valence-electron chi connectivity index (χ3n) is 6.03. The summed E-state index contributed by atoms with van der Waals surface area (Å²) < 4.78 is 15.1. The van der Waals surface area contributed by atoms with E-state index in [0.29, 0.717) is 40.8 Å². The maximum atomic E-state index is 13.6. The highest BCUT2D eigenvalue weighted by molar-refractivity contribution is 6.30. The highest BCUT2D eigenvalue weighted by Crippen LogP contribution is 2.26. The largest absolute Gasteiger partial charge is 0.335 e. The van der Waals surface area contributed by atoms with Gasteiger partial charge in [0.05, 0.1) is 11.4 Å². The Balaban J connectivity index is 1.60. The fourth-order valence-electron chi connectivity index (χ4n) is 4.09. The average Bonchev–Trinajstić information content (AvgIpc) is 3.28. The van der Waals surface area contributed by atoms with Gasteiger partial charge >= 0.3 is 0 Å². The second kappa shape index (κ2) is 8.92. The zero-order chi connectivity index (χ0) is 22.9. The fraction of sp³-hybridized carbons (Fsp3) is 0.240. The third kappa shape index (κ3) is 4.34. The van der Waals surface area contributed by atoms with Gasteiger partial charge < -0.3 is 9.80 Å². The molecule has 6 nitrogen and oxygen atoms in total. The molecule has 0 aliphatic carbocycles. The molecular formula is C25H23ClFN5O. The van der Waals surface area contributed by atoms with Crippen LogP contribution in [0.4, 0.5) is 4.39 Å². The van der Waals surface area contributed by atoms with Gasteiger partial charge in [0.1, 0.15) is 11.5 Å². The monoisotopic (exact) mass is 463 g/mol. The van der Waals surface area contributed by atoms with Crippen molar-refractivity contribution in [2.75, 3.05) is 32.7 Å². The predicted molar refractivity (Wildman–Crippen MR) is 127 cm³/mol. The highest BCUT2D eigenvalue weighted by Gasteiger charge is 2.25. The van der Waals surface area contributed by atoms with Crippen LogP contribution in [-0.4, -0.2) is 63.0 Å². The van der Waals surface area contributed by atoms with E-state index in [1.54, 1.807) is 34.8 Å². The molecule has 0 unspecified atom stereocenters. The van der Waals surface area contributed by atoms with Crippen molar-refractivity contribution in [2.45, 2.75) is 6.92 Å². The van der Waals surface area contributed by atoms with Gasteiger partial charge in [-0.05, 0) is 49.0 Å². The number of hydrogen-bond donors (Lipinski definition) is 0. The number of fused-ring (bicyclic) bond motifs is 1. The lowest BCUT2D eigenvalue weighted by Gasteiger charge is -2.34. The number of nitrogens with zero attached hydrogens (tertiary/aromatic N) is 5. The maximum Gasteiger partial charge on any atom is 0.272 e.